The molecule has 2 aromatic carbocycles. The number of hydrogen-bond acceptors (Lipinski definition) is 4. The molecular weight excluding hydrogens is 456 g/mol. The molecule has 1 saturated heterocycles. The Labute approximate surface area is 201 Å². The third-order valence-corrected chi connectivity index (χ3v) is 7.88. The predicted octanol–water partition coefficient (Wildman–Crippen LogP) is 5.31. The van der Waals surface area contributed by atoms with Crippen molar-refractivity contribution >= 4 is 27.3 Å². The zero-order chi connectivity index (χ0) is 23.8. The van der Waals surface area contributed by atoms with Crippen LogP contribution in [0.2, 0.25) is 5.02 Å². The minimum absolute atomic E-state index is 0.0509. The van der Waals surface area contributed by atoms with Gasteiger partial charge in [0.25, 0.3) is 10.0 Å². The smallest absolute Gasteiger partial charge is 0.261 e. The van der Waals surface area contributed by atoms with Gasteiger partial charge in [0.1, 0.15) is 5.82 Å². The molecule has 1 aliphatic heterocycles. The van der Waals surface area contributed by atoms with Crippen LogP contribution in [-0.2, 0) is 22.5 Å². The number of benzene rings is 2. The number of hydrogen-bond donors (Lipinski definition) is 2. The molecule has 1 fully saturated rings. The van der Waals surface area contributed by atoms with Gasteiger partial charge in [-0.25, -0.2) is 13.4 Å². The van der Waals surface area contributed by atoms with Crippen molar-refractivity contribution in [3.05, 3.63) is 65.1 Å². The highest BCUT2D eigenvalue weighted by atomic mass is 35.5. The second-order valence-corrected chi connectivity index (χ2v) is 11.8. The normalized spacial score (nSPS) is 15.5. The molecule has 0 unspecified atom stereocenters. The van der Waals surface area contributed by atoms with E-state index in [-0.39, 0.29) is 10.3 Å². The maximum absolute atomic E-state index is 13.2. The van der Waals surface area contributed by atoms with Crippen molar-refractivity contribution in [1.29, 1.82) is 0 Å². The summed E-state index contributed by atoms with van der Waals surface area (Å²) in [5, 5.41) is 3.92. The van der Waals surface area contributed by atoms with Crippen molar-refractivity contribution in [3.63, 3.8) is 0 Å². The van der Waals surface area contributed by atoms with Crippen LogP contribution in [0, 0.1) is 0 Å². The lowest BCUT2D eigenvalue weighted by molar-refractivity contribution is 0.437. The second-order valence-electron chi connectivity index (χ2n) is 9.65. The molecule has 2 N–H and O–H groups in total. The van der Waals surface area contributed by atoms with E-state index >= 15 is 0 Å². The number of anilines is 1. The van der Waals surface area contributed by atoms with E-state index in [0.29, 0.717) is 22.2 Å². The quantitative estimate of drug-likeness (QED) is 0.512. The maximum atomic E-state index is 13.2. The van der Waals surface area contributed by atoms with Crippen LogP contribution in [0.1, 0.15) is 50.9 Å². The predicted molar refractivity (Wildman–Crippen MR) is 134 cm³/mol. The van der Waals surface area contributed by atoms with Crippen molar-refractivity contribution in [1.82, 2.24) is 14.9 Å². The molecule has 0 atom stereocenters. The van der Waals surface area contributed by atoms with Crippen molar-refractivity contribution in [2.45, 2.75) is 49.8 Å². The zero-order valence-corrected chi connectivity index (χ0v) is 21.1. The van der Waals surface area contributed by atoms with Gasteiger partial charge in [-0.15, -0.1) is 0 Å². The summed E-state index contributed by atoms with van der Waals surface area (Å²) in [6.07, 6.45) is 3.87. The Kier molecular flexibility index (Phi) is 6.58. The molecule has 4 rings (SSSR count). The van der Waals surface area contributed by atoms with Crippen LogP contribution in [0.15, 0.2) is 53.6 Å². The summed E-state index contributed by atoms with van der Waals surface area (Å²) in [4.78, 5) is 4.91. The van der Waals surface area contributed by atoms with Gasteiger partial charge in [-0.05, 0) is 67.2 Å². The molecule has 8 heteroatoms. The van der Waals surface area contributed by atoms with E-state index in [2.05, 4.69) is 40.4 Å². The first-order chi connectivity index (χ1) is 15.6. The molecule has 0 amide bonds. The van der Waals surface area contributed by atoms with E-state index in [4.69, 9.17) is 11.6 Å². The van der Waals surface area contributed by atoms with Crippen LogP contribution >= 0.6 is 11.6 Å². The molecule has 0 spiro atoms. The summed E-state index contributed by atoms with van der Waals surface area (Å²) < 4.78 is 31.2. The summed E-state index contributed by atoms with van der Waals surface area (Å²) in [6.45, 7) is 8.24. The molecule has 2 heterocycles. The number of rotatable bonds is 5. The number of piperidine rings is 1. The van der Waals surface area contributed by atoms with E-state index in [1.54, 1.807) is 36.5 Å². The average molecular weight is 487 g/mol. The van der Waals surface area contributed by atoms with Gasteiger partial charge < -0.3 is 9.88 Å². The van der Waals surface area contributed by atoms with E-state index in [9.17, 15) is 8.42 Å². The van der Waals surface area contributed by atoms with Crippen molar-refractivity contribution in [2.75, 3.05) is 17.8 Å². The Balaban J connectivity index is 1.67. The van der Waals surface area contributed by atoms with Crippen molar-refractivity contribution < 1.29 is 8.42 Å². The molecule has 0 aliphatic carbocycles. The lowest BCUT2D eigenvalue weighted by Gasteiger charge is -2.22. The second kappa shape index (κ2) is 9.12. The Bertz CT molecular complexity index is 1240. The molecule has 6 nitrogen and oxygen atoms in total. The van der Waals surface area contributed by atoms with E-state index < -0.39 is 10.0 Å². The van der Waals surface area contributed by atoms with Crippen molar-refractivity contribution in [2.24, 2.45) is 7.05 Å². The number of sulfonamides is 1. The van der Waals surface area contributed by atoms with Gasteiger partial charge in [0.2, 0.25) is 0 Å². The molecule has 0 radical (unpaired) electrons. The van der Waals surface area contributed by atoms with Gasteiger partial charge in [0, 0.05) is 23.6 Å². The van der Waals surface area contributed by atoms with Crippen molar-refractivity contribution in [3.8, 4) is 11.3 Å². The minimum Gasteiger partial charge on any atom is -0.331 e. The van der Waals surface area contributed by atoms with Crippen LogP contribution in [0.5, 0.6) is 0 Å². The first kappa shape index (κ1) is 23.8. The molecule has 3 aromatic rings. The fourth-order valence-corrected chi connectivity index (χ4v) is 5.54. The van der Waals surface area contributed by atoms with Crippen LogP contribution in [0.25, 0.3) is 11.3 Å². The number of nitrogens with one attached hydrogen (secondary N) is 2. The number of aromatic nitrogens is 2. The van der Waals surface area contributed by atoms with Crippen LogP contribution in [0.4, 0.5) is 5.69 Å². The molecule has 1 aromatic heterocycles. The third kappa shape index (κ3) is 5.10. The van der Waals surface area contributed by atoms with Crippen LogP contribution < -0.4 is 10.0 Å². The summed E-state index contributed by atoms with van der Waals surface area (Å²) in [5.74, 6) is 1.39. The van der Waals surface area contributed by atoms with E-state index in [1.165, 1.54) is 0 Å². The lowest BCUT2D eigenvalue weighted by atomic mass is 9.87. The largest absolute Gasteiger partial charge is 0.331 e. The molecule has 33 heavy (non-hydrogen) atoms. The monoisotopic (exact) mass is 486 g/mol. The number of halogens is 1. The topological polar surface area (TPSA) is 76.0 Å². The fourth-order valence-electron chi connectivity index (χ4n) is 4.29. The summed E-state index contributed by atoms with van der Waals surface area (Å²) in [7, 11) is -1.80. The first-order valence-electron chi connectivity index (χ1n) is 11.2. The third-order valence-electron chi connectivity index (χ3n) is 6.26. The Hall–Kier alpha value is -2.35. The summed E-state index contributed by atoms with van der Waals surface area (Å²) in [6, 6.07) is 12.2. The van der Waals surface area contributed by atoms with Gasteiger partial charge in [0.05, 0.1) is 22.5 Å². The fraction of sp³-hybridized carbons (Fsp3) is 0.400. The van der Waals surface area contributed by atoms with Crippen LogP contribution in [-0.4, -0.2) is 31.1 Å². The van der Waals surface area contributed by atoms with Gasteiger partial charge >= 0.3 is 0 Å². The molecule has 176 valence electrons. The van der Waals surface area contributed by atoms with Gasteiger partial charge in [0.15, 0.2) is 0 Å². The lowest BCUT2D eigenvalue weighted by Crippen LogP contribution is -2.27. The van der Waals surface area contributed by atoms with E-state index in [0.717, 1.165) is 43.0 Å². The van der Waals surface area contributed by atoms with Gasteiger partial charge in [-0.3, -0.25) is 4.72 Å². The molecule has 1 aliphatic rings. The number of nitrogens with zero attached hydrogens (tertiary/aromatic N) is 2. The molecule has 0 saturated carbocycles. The first-order valence-corrected chi connectivity index (χ1v) is 13.1. The minimum atomic E-state index is -3.78. The van der Waals surface area contributed by atoms with Gasteiger partial charge in [-0.1, -0.05) is 44.5 Å². The Morgan fingerprint density at radius 3 is 2.39 bits per heavy atom. The Morgan fingerprint density at radius 2 is 1.76 bits per heavy atom. The number of imidazole rings is 1. The molecule has 0 bridgehead atoms. The van der Waals surface area contributed by atoms with E-state index in [1.807, 2.05) is 19.2 Å². The summed E-state index contributed by atoms with van der Waals surface area (Å²) in [5.41, 5.74) is 3.03. The maximum Gasteiger partial charge on any atom is 0.261 e. The Morgan fingerprint density at radius 1 is 1.09 bits per heavy atom. The standard InChI is InChI=1S/C25H31ClN4O2S/c1-25(2,3)18-5-8-20(9-6-18)33(31,32)29-22-10-7-19(26)15-21(22)23-16-28-24(30(23)4)17-11-13-27-14-12-17/h5-10,15-17,27,29H,11-14H2,1-4H3. The van der Waals surface area contributed by atoms with Crippen LogP contribution in [0.3, 0.4) is 0 Å². The SMILES string of the molecule is Cn1c(-c2cc(Cl)ccc2NS(=O)(=O)c2ccc(C(C)(C)C)cc2)cnc1C1CCNCC1. The average Bonchev–Trinajstić information content (AvgIpc) is 3.16. The highest BCUT2D eigenvalue weighted by Gasteiger charge is 2.24. The summed E-state index contributed by atoms with van der Waals surface area (Å²) >= 11 is 6.31. The zero-order valence-electron chi connectivity index (χ0n) is 19.5. The highest BCUT2D eigenvalue weighted by Crippen LogP contribution is 2.35. The highest BCUT2D eigenvalue weighted by molar-refractivity contribution is 7.92. The van der Waals surface area contributed by atoms with Gasteiger partial charge in [-0.2, -0.15) is 0 Å². The molecular formula is C25H31ClN4O2S.